The Morgan fingerprint density at radius 2 is 2.25 bits per heavy atom. The molecular formula is C16H21N3O. The molecule has 1 N–H and O–H groups in total. The molecule has 0 spiro atoms. The number of nitrogens with one attached hydrogen (secondary N) is 1. The van der Waals surface area contributed by atoms with Crippen molar-refractivity contribution in [2.24, 2.45) is 0 Å². The molecule has 1 aliphatic rings. The molecule has 0 bridgehead atoms. The lowest BCUT2D eigenvalue weighted by molar-refractivity contribution is 0.355. The minimum absolute atomic E-state index is 0.322. The maximum atomic E-state index is 5.39. The van der Waals surface area contributed by atoms with Crippen LogP contribution in [0.3, 0.4) is 0 Å². The van der Waals surface area contributed by atoms with Crippen LogP contribution in [0.15, 0.2) is 28.8 Å². The van der Waals surface area contributed by atoms with E-state index in [0.717, 1.165) is 37.5 Å². The van der Waals surface area contributed by atoms with E-state index in [4.69, 9.17) is 4.52 Å². The second-order valence-electron chi connectivity index (χ2n) is 5.56. The summed E-state index contributed by atoms with van der Waals surface area (Å²) in [6, 6.07) is 8.85. The van der Waals surface area contributed by atoms with Crippen LogP contribution in [0, 0.1) is 0 Å². The molecule has 1 aromatic carbocycles. The Balaban J connectivity index is 1.64. The Morgan fingerprint density at radius 1 is 1.40 bits per heavy atom. The summed E-state index contributed by atoms with van der Waals surface area (Å²) >= 11 is 0. The fourth-order valence-corrected chi connectivity index (χ4v) is 2.71. The first-order valence-corrected chi connectivity index (χ1v) is 7.41. The second-order valence-corrected chi connectivity index (χ2v) is 5.56. The third kappa shape index (κ3) is 2.61. The summed E-state index contributed by atoms with van der Waals surface area (Å²) in [5.74, 6) is 1.89. The average Bonchev–Trinajstić information content (AvgIpc) is 2.86. The minimum atomic E-state index is 0.322. The van der Waals surface area contributed by atoms with Crippen LogP contribution in [0.1, 0.15) is 49.0 Å². The maximum absolute atomic E-state index is 5.39. The minimum Gasteiger partial charge on any atom is -0.339 e. The predicted molar refractivity (Wildman–Crippen MR) is 77.7 cm³/mol. The van der Waals surface area contributed by atoms with E-state index >= 15 is 0 Å². The van der Waals surface area contributed by atoms with Crippen molar-refractivity contribution >= 4 is 0 Å². The Hall–Kier alpha value is -1.68. The van der Waals surface area contributed by atoms with Crippen LogP contribution in [-0.2, 0) is 12.8 Å². The van der Waals surface area contributed by atoms with Gasteiger partial charge in [0.15, 0.2) is 5.82 Å². The summed E-state index contributed by atoms with van der Waals surface area (Å²) in [4.78, 5) is 4.56. The van der Waals surface area contributed by atoms with Crippen LogP contribution < -0.4 is 5.32 Å². The Morgan fingerprint density at radius 3 is 3.05 bits per heavy atom. The molecule has 3 rings (SSSR count). The summed E-state index contributed by atoms with van der Waals surface area (Å²) in [6.45, 7) is 5.34. The Kier molecular flexibility index (Phi) is 3.83. The standard InChI is InChI=1S/C16H21N3O/c1-3-8-17-11(2)9-15-18-16(19-20-15)14-10-12-6-4-5-7-13(12)14/h4-7,11,14,17H,3,8-10H2,1-2H3. The molecule has 2 atom stereocenters. The van der Waals surface area contributed by atoms with E-state index in [1.165, 1.54) is 11.1 Å². The SMILES string of the molecule is CCCNC(C)Cc1nc(C2Cc3ccccc32)no1. The first kappa shape index (κ1) is 13.3. The smallest absolute Gasteiger partial charge is 0.228 e. The van der Waals surface area contributed by atoms with Gasteiger partial charge in [-0.25, -0.2) is 0 Å². The van der Waals surface area contributed by atoms with Crippen molar-refractivity contribution in [3.05, 3.63) is 47.1 Å². The topological polar surface area (TPSA) is 51.0 Å². The molecule has 0 fully saturated rings. The molecule has 0 aliphatic heterocycles. The lowest BCUT2D eigenvalue weighted by atomic mass is 9.77. The zero-order valence-electron chi connectivity index (χ0n) is 12.1. The van der Waals surface area contributed by atoms with Gasteiger partial charge in [-0.3, -0.25) is 0 Å². The second kappa shape index (κ2) is 5.75. The fraction of sp³-hybridized carbons (Fsp3) is 0.500. The van der Waals surface area contributed by atoms with Gasteiger partial charge in [-0.2, -0.15) is 4.98 Å². The highest BCUT2D eigenvalue weighted by atomic mass is 16.5. The Bertz CT molecular complexity index is 579. The van der Waals surface area contributed by atoms with E-state index in [1.54, 1.807) is 0 Å². The predicted octanol–water partition coefficient (Wildman–Crippen LogP) is 2.69. The van der Waals surface area contributed by atoms with Gasteiger partial charge in [-0.1, -0.05) is 36.3 Å². The molecule has 1 aromatic heterocycles. The first-order chi connectivity index (χ1) is 9.78. The zero-order valence-corrected chi connectivity index (χ0v) is 12.1. The highest BCUT2D eigenvalue weighted by Gasteiger charge is 2.30. The van der Waals surface area contributed by atoms with Crippen LogP contribution in [0.25, 0.3) is 0 Å². The molecule has 1 aliphatic carbocycles. The number of hydrogen-bond donors (Lipinski definition) is 1. The van der Waals surface area contributed by atoms with Crippen molar-refractivity contribution in [1.29, 1.82) is 0 Å². The lowest BCUT2D eigenvalue weighted by Gasteiger charge is -2.27. The lowest BCUT2D eigenvalue weighted by Crippen LogP contribution is -2.28. The van der Waals surface area contributed by atoms with E-state index in [-0.39, 0.29) is 0 Å². The number of rotatable bonds is 6. The summed E-state index contributed by atoms with van der Waals surface area (Å²) in [7, 11) is 0. The average molecular weight is 271 g/mol. The highest BCUT2D eigenvalue weighted by molar-refractivity contribution is 5.43. The van der Waals surface area contributed by atoms with E-state index in [1.807, 2.05) is 0 Å². The molecule has 106 valence electrons. The highest BCUT2D eigenvalue weighted by Crippen LogP contribution is 2.38. The fourth-order valence-electron chi connectivity index (χ4n) is 2.71. The third-order valence-electron chi connectivity index (χ3n) is 3.87. The van der Waals surface area contributed by atoms with Crippen LogP contribution in [0.5, 0.6) is 0 Å². The normalized spacial score (nSPS) is 18.4. The molecule has 1 heterocycles. The number of hydrogen-bond acceptors (Lipinski definition) is 4. The quantitative estimate of drug-likeness (QED) is 0.877. The summed E-state index contributed by atoms with van der Waals surface area (Å²) in [6.07, 6.45) is 2.96. The molecule has 4 nitrogen and oxygen atoms in total. The molecule has 4 heteroatoms. The van der Waals surface area contributed by atoms with Gasteiger partial charge >= 0.3 is 0 Å². The van der Waals surface area contributed by atoms with Crippen molar-refractivity contribution in [2.75, 3.05) is 6.54 Å². The van der Waals surface area contributed by atoms with E-state index in [9.17, 15) is 0 Å². The molecular weight excluding hydrogens is 250 g/mol. The van der Waals surface area contributed by atoms with Crippen LogP contribution in [0.4, 0.5) is 0 Å². The molecule has 2 unspecified atom stereocenters. The maximum Gasteiger partial charge on any atom is 0.228 e. The van der Waals surface area contributed by atoms with Gasteiger partial charge in [0.05, 0.1) is 5.92 Å². The molecule has 20 heavy (non-hydrogen) atoms. The van der Waals surface area contributed by atoms with E-state index in [0.29, 0.717) is 12.0 Å². The number of fused-ring (bicyclic) bond motifs is 1. The van der Waals surface area contributed by atoms with Crippen molar-refractivity contribution in [1.82, 2.24) is 15.5 Å². The van der Waals surface area contributed by atoms with Crippen LogP contribution in [-0.4, -0.2) is 22.7 Å². The monoisotopic (exact) mass is 271 g/mol. The van der Waals surface area contributed by atoms with Gasteiger partial charge in [0.1, 0.15) is 0 Å². The van der Waals surface area contributed by atoms with Crippen molar-refractivity contribution in [3.63, 3.8) is 0 Å². The molecule has 0 radical (unpaired) electrons. The summed E-state index contributed by atoms with van der Waals surface area (Å²) in [5, 5.41) is 7.59. The van der Waals surface area contributed by atoms with Gasteiger partial charge in [-0.05, 0) is 37.4 Å². The van der Waals surface area contributed by atoms with Crippen molar-refractivity contribution < 1.29 is 4.52 Å². The number of nitrogens with zero attached hydrogens (tertiary/aromatic N) is 2. The van der Waals surface area contributed by atoms with Crippen molar-refractivity contribution in [3.8, 4) is 0 Å². The van der Waals surface area contributed by atoms with Gasteiger partial charge in [0.25, 0.3) is 0 Å². The van der Waals surface area contributed by atoms with Crippen LogP contribution in [0.2, 0.25) is 0 Å². The van der Waals surface area contributed by atoms with Crippen LogP contribution >= 0.6 is 0 Å². The van der Waals surface area contributed by atoms with Gasteiger partial charge in [0.2, 0.25) is 5.89 Å². The van der Waals surface area contributed by atoms with E-state index in [2.05, 4.69) is 53.6 Å². The molecule has 0 saturated carbocycles. The molecule has 2 aromatic rings. The van der Waals surface area contributed by atoms with Gasteiger partial charge < -0.3 is 9.84 Å². The summed E-state index contributed by atoms with van der Waals surface area (Å²) in [5.41, 5.74) is 2.75. The van der Waals surface area contributed by atoms with Gasteiger partial charge in [-0.15, -0.1) is 0 Å². The third-order valence-corrected chi connectivity index (χ3v) is 3.87. The first-order valence-electron chi connectivity index (χ1n) is 7.41. The molecule has 0 saturated heterocycles. The van der Waals surface area contributed by atoms with E-state index < -0.39 is 0 Å². The number of benzene rings is 1. The van der Waals surface area contributed by atoms with Gasteiger partial charge in [0, 0.05) is 12.5 Å². The molecule has 0 amide bonds. The largest absolute Gasteiger partial charge is 0.339 e. The number of aromatic nitrogens is 2. The van der Waals surface area contributed by atoms with Crippen molar-refractivity contribution in [2.45, 2.75) is 45.1 Å². The summed E-state index contributed by atoms with van der Waals surface area (Å²) < 4.78 is 5.39. The Labute approximate surface area is 119 Å². The zero-order chi connectivity index (χ0) is 13.9.